The third kappa shape index (κ3) is 6.12. The predicted molar refractivity (Wildman–Crippen MR) is 147 cm³/mol. The Bertz CT molecular complexity index is 1490. The van der Waals surface area contributed by atoms with Gasteiger partial charge < -0.3 is 21.3 Å². The number of carbonyl (C=O) groups is 1. The third-order valence-electron chi connectivity index (χ3n) is 7.93. The van der Waals surface area contributed by atoms with Crippen molar-refractivity contribution in [3.63, 3.8) is 0 Å². The molecule has 1 amide bonds. The third-order valence-corrected chi connectivity index (χ3v) is 7.93. The topological polar surface area (TPSA) is 106 Å². The Kier molecular flexibility index (Phi) is 7.63. The van der Waals surface area contributed by atoms with Crippen LogP contribution in [-0.4, -0.2) is 75.3 Å². The standard InChI is InChI=1S/C28H34F4N8O/c1-27(2,17-9-10-17)40-25(33)19(15-35-40)26(41)34-12-5-6-21-18(14-28(30,31)32)23-7-4-8-24(39(23)37-21)36-22-11-13-38(3)16-20(22)29/h4,7-8,15,17,20,22,36H,9-14,16,33H2,1-3H3,(H,34,41)/t20-,22+/m0/s1. The number of pyridine rings is 1. The average molecular weight is 575 g/mol. The number of aromatic nitrogens is 4. The number of anilines is 2. The van der Waals surface area contributed by atoms with Gasteiger partial charge in [0.15, 0.2) is 0 Å². The van der Waals surface area contributed by atoms with Crippen LogP contribution >= 0.6 is 0 Å². The molecule has 3 aromatic heterocycles. The van der Waals surface area contributed by atoms with Crippen molar-refractivity contribution in [1.29, 1.82) is 0 Å². The van der Waals surface area contributed by atoms with E-state index in [1.165, 1.54) is 16.8 Å². The summed E-state index contributed by atoms with van der Waals surface area (Å²) >= 11 is 0. The largest absolute Gasteiger partial charge is 0.393 e. The smallest absolute Gasteiger partial charge is 0.383 e. The lowest BCUT2D eigenvalue weighted by Crippen LogP contribution is -2.46. The molecule has 0 unspecified atom stereocenters. The van der Waals surface area contributed by atoms with E-state index in [-0.39, 0.29) is 46.8 Å². The zero-order chi connectivity index (χ0) is 29.5. The molecular weight excluding hydrogens is 540 g/mol. The van der Waals surface area contributed by atoms with Gasteiger partial charge in [-0.25, -0.2) is 13.6 Å². The van der Waals surface area contributed by atoms with Crippen molar-refractivity contribution in [3.8, 4) is 11.8 Å². The Morgan fingerprint density at radius 3 is 2.66 bits per heavy atom. The molecule has 1 saturated heterocycles. The van der Waals surface area contributed by atoms with E-state index in [4.69, 9.17) is 5.73 Å². The first-order valence-corrected chi connectivity index (χ1v) is 13.6. The number of halogens is 4. The molecule has 1 aliphatic heterocycles. The van der Waals surface area contributed by atoms with Gasteiger partial charge in [0.1, 0.15) is 29.1 Å². The fourth-order valence-electron chi connectivity index (χ4n) is 5.42. The number of amides is 1. The van der Waals surface area contributed by atoms with Crippen LogP contribution in [0, 0.1) is 17.8 Å². The summed E-state index contributed by atoms with van der Waals surface area (Å²) < 4.78 is 58.2. The number of alkyl halides is 4. The Balaban J connectivity index is 1.35. The molecule has 5 rings (SSSR count). The molecule has 2 atom stereocenters. The number of rotatable bonds is 7. The summed E-state index contributed by atoms with van der Waals surface area (Å²) in [4.78, 5) is 14.6. The predicted octanol–water partition coefficient (Wildman–Crippen LogP) is 3.60. The highest BCUT2D eigenvalue weighted by Gasteiger charge is 2.41. The van der Waals surface area contributed by atoms with Crippen LogP contribution in [0.2, 0.25) is 0 Å². The minimum Gasteiger partial charge on any atom is -0.383 e. The monoisotopic (exact) mass is 574 g/mol. The van der Waals surface area contributed by atoms with E-state index in [0.717, 1.165) is 12.8 Å². The van der Waals surface area contributed by atoms with Crippen LogP contribution in [0.1, 0.15) is 54.7 Å². The summed E-state index contributed by atoms with van der Waals surface area (Å²) in [6, 6.07) is 4.28. The molecule has 4 heterocycles. The first kappa shape index (κ1) is 28.7. The zero-order valence-corrected chi connectivity index (χ0v) is 23.2. The van der Waals surface area contributed by atoms with E-state index in [1.54, 1.807) is 16.8 Å². The highest BCUT2D eigenvalue weighted by molar-refractivity contribution is 5.98. The highest BCUT2D eigenvalue weighted by Crippen LogP contribution is 2.44. The SMILES string of the molecule is CN1CC[C@@H](Nc2cccc3c(CC(F)(F)F)c(C#CCNC(=O)c4cnn(C(C)(C)C5CC5)c4N)nn23)[C@@H](F)C1. The van der Waals surface area contributed by atoms with Gasteiger partial charge in [-0.1, -0.05) is 12.0 Å². The Labute approximate surface area is 235 Å². The fourth-order valence-corrected chi connectivity index (χ4v) is 5.42. The number of fused-ring (bicyclic) bond motifs is 1. The lowest BCUT2D eigenvalue weighted by atomic mass is 9.99. The maximum Gasteiger partial charge on any atom is 0.393 e. The van der Waals surface area contributed by atoms with Gasteiger partial charge >= 0.3 is 6.18 Å². The van der Waals surface area contributed by atoms with Crippen LogP contribution in [0.4, 0.5) is 29.2 Å². The summed E-state index contributed by atoms with van der Waals surface area (Å²) in [5.41, 5.74) is 6.19. The van der Waals surface area contributed by atoms with Crippen LogP contribution in [0.15, 0.2) is 24.4 Å². The molecule has 1 saturated carbocycles. The minimum atomic E-state index is -4.50. The number of likely N-dealkylation sites (tertiary alicyclic amines) is 1. The first-order valence-electron chi connectivity index (χ1n) is 13.6. The van der Waals surface area contributed by atoms with Crippen LogP contribution in [0.3, 0.4) is 0 Å². The molecule has 4 N–H and O–H groups in total. The maximum atomic E-state index is 14.7. The number of hydrogen-bond donors (Lipinski definition) is 3. The molecule has 2 aliphatic rings. The number of hydrogen-bond acceptors (Lipinski definition) is 6. The Morgan fingerprint density at radius 2 is 1.98 bits per heavy atom. The number of piperidine rings is 1. The molecule has 1 aliphatic carbocycles. The van der Waals surface area contributed by atoms with E-state index < -0.39 is 30.7 Å². The second-order valence-electron chi connectivity index (χ2n) is 11.4. The van der Waals surface area contributed by atoms with E-state index in [2.05, 4.69) is 32.7 Å². The number of nitrogens with zero attached hydrogens (tertiary/aromatic N) is 5. The summed E-state index contributed by atoms with van der Waals surface area (Å²) in [7, 11) is 1.84. The zero-order valence-electron chi connectivity index (χ0n) is 23.2. The maximum absolute atomic E-state index is 14.7. The van der Waals surface area contributed by atoms with Gasteiger partial charge in [0.2, 0.25) is 0 Å². The number of nitrogens with two attached hydrogens (primary N) is 1. The van der Waals surface area contributed by atoms with Gasteiger partial charge in [0, 0.05) is 18.7 Å². The lowest BCUT2D eigenvalue weighted by Gasteiger charge is -2.33. The van der Waals surface area contributed by atoms with Crippen molar-refractivity contribution in [1.82, 2.24) is 29.6 Å². The van der Waals surface area contributed by atoms with Crippen molar-refractivity contribution in [2.45, 2.75) is 63.5 Å². The summed E-state index contributed by atoms with van der Waals surface area (Å²) in [6.45, 7) is 4.87. The summed E-state index contributed by atoms with van der Waals surface area (Å²) in [5, 5.41) is 14.4. The minimum absolute atomic E-state index is 0.0653. The molecule has 0 spiro atoms. The first-order chi connectivity index (χ1) is 19.3. The quantitative estimate of drug-likeness (QED) is 0.294. The molecule has 9 nitrogen and oxygen atoms in total. The lowest BCUT2D eigenvalue weighted by molar-refractivity contribution is -0.127. The highest BCUT2D eigenvalue weighted by atomic mass is 19.4. The molecule has 0 bridgehead atoms. The molecule has 13 heteroatoms. The Morgan fingerprint density at radius 1 is 1.22 bits per heavy atom. The van der Waals surface area contributed by atoms with Crippen LogP contribution in [0.25, 0.3) is 5.52 Å². The van der Waals surface area contributed by atoms with Crippen molar-refractivity contribution < 1.29 is 22.4 Å². The van der Waals surface area contributed by atoms with Crippen molar-refractivity contribution in [2.24, 2.45) is 5.92 Å². The molecule has 3 aromatic rings. The summed E-state index contributed by atoms with van der Waals surface area (Å²) in [6.07, 6.45) is -2.77. The van der Waals surface area contributed by atoms with Gasteiger partial charge in [-0.05, 0) is 64.1 Å². The van der Waals surface area contributed by atoms with E-state index in [0.29, 0.717) is 24.7 Å². The van der Waals surface area contributed by atoms with E-state index in [1.807, 2.05) is 25.8 Å². The van der Waals surface area contributed by atoms with E-state index in [9.17, 15) is 22.4 Å². The van der Waals surface area contributed by atoms with Gasteiger partial charge in [-0.2, -0.15) is 23.4 Å². The Hall–Kier alpha value is -3.79. The molecule has 220 valence electrons. The number of carbonyl (C=O) groups excluding carboxylic acids is 1. The molecular formula is C28H34F4N8O. The van der Waals surface area contributed by atoms with Crippen LogP contribution in [0.5, 0.6) is 0 Å². The molecule has 0 radical (unpaired) electrons. The average Bonchev–Trinajstić information content (AvgIpc) is 3.61. The van der Waals surface area contributed by atoms with Crippen LogP contribution < -0.4 is 16.4 Å². The molecule has 41 heavy (non-hydrogen) atoms. The number of nitrogen functional groups attached to an aromatic ring is 1. The second kappa shape index (κ2) is 10.9. The van der Waals surface area contributed by atoms with Gasteiger partial charge in [0.05, 0.1) is 36.3 Å². The van der Waals surface area contributed by atoms with Crippen LogP contribution in [-0.2, 0) is 12.0 Å². The summed E-state index contributed by atoms with van der Waals surface area (Å²) in [5.74, 6) is 5.99. The van der Waals surface area contributed by atoms with Gasteiger partial charge in [0.25, 0.3) is 5.91 Å². The van der Waals surface area contributed by atoms with Gasteiger partial charge in [-0.3, -0.25) is 4.79 Å². The normalized spacial score (nSPS) is 20.1. The van der Waals surface area contributed by atoms with Gasteiger partial charge in [-0.15, -0.1) is 0 Å². The van der Waals surface area contributed by atoms with Crippen molar-refractivity contribution in [2.75, 3.05) is 37.7 Å². The van der Waals surface area contributed by atoms with E-state index >= 15 is 0 Å². The molecule has 2 fully saturated rings. The molecule has 0 aromatic carbocycles. The van der Waals surface area contributed by atoms with Crippen molar-refractivity contribution >= 4 is 23.1 Å². The number of nitrogens with one attached hydrogen (secondary N) is 2. The fraction of sp³-hybridized carbons (Fsp3) is 0.536. The van der Waals surface area contributed by atoms with Crippen molar-refractivity contribution in [3.05, 3.63) is 41.2 Å². The second-order valence-corrected chi connectivity index (χ2v) is 11.4.